The first-order chi connectivity index (χ1) is 12.3. The topological polar surface area (TPSA) is 102 Å². The van der Waals surface area contributed by atoms with Crippen molar-refractivity contribution in [3.63, 3.8) is 0 Å². The van der Waals surface area contributed by atoms with Gasteiger partial charge in [-0.05, 0) is 48.2 Å². The standard InChI is InChI=1S/C18H17N3O3S2/c1-12-15(7-8-16(20-12)17-6-3-9-25-17)18(22)21-14-5-2-4-13(10-14)11-26(19,23)24/h2-10H,11H2,1H3,(H,21,22)(H2,19,23,24). The summed E-state index contributed by atoms with van der Waals surface area (Å²) in [6, 6.07) is 14.1. The maximum Gasteiger partial charge on any atom is 0.257 e. The van der Waals surface area contributed by atoms with Crippen LogP contribution in [0.3, 0.4) is 0 Å². The number of aromatic nitrogens is 1. The molecule has 2 aromatic heterocycles. The number of pyridine rings is 1. The minimum Gasteiger partial charge on any atom is -0.322 e. The molecular weight excluding hydrogens is 370 g/mol. The molecule has 0 bridgehead atoms. The molecule has 26 heavy (non-hydrogen) atoms. The summed E-state index contributed by atoms with van der Waals surface area (Å²) in [5, 5.41) is 9.80. The van der Waals surface area contributed by atoms with E-state index in [9.17, 15) is 13.2 Å². The van der Waals surface area contributed by atoms with Crippen LogP contribution in [0, 0.1) is 6.92 Å². The van der Waals surface area contributed by atoms with Gasteiger partial charge in [0.1, 0.15) is 0 Å². The van der Waals surface area contributed by atoms with Crippen molar-refractivity contribution in [3.05, 3.63) is 70.7 Å². The van der Waals surface area contributed by atoms with Crippen LogP contribution in [0.4, 0.5) is 5.69 Å². The summed E-state index contributed by atoms with van der Waals surface area (Å²) in [6.45, 7) is 1.78. The number of carbonyl (C=O) groups is 1. The predicted molar refractivity (Wildman–Crippen MR) is 103 cm³/mol. The largest absolute Gasteiger partial charge is 0.322 e. The monoisotopic (exact) mass is 387 g/mol. The number of thiophene rings is 1. The van der Waals surface area contributed by atoms with E-state index in [-0.39, 0.29) is 11.7 Å². The van der Waals surface area contributed by atoms with E-state index in [0.29, 0.717) is 22.5 Å². The highest BCUT2D eigenvalue weighted by Crippen LogP contribution is 2.24. The highest BCUT2D eigenvalue weighted by Gasteiger charge is 2.13. The third-order valence-electron chi connectivity index (χ3n) is 3.66. The first-order valence-corrected chi connectivity index (χ1v) is 10.3. The number of anilines is 1. The fraction of sp³-hybridized carbons (Fsp3) is 0.111. The summed E-state index contributed by atoms with van der Waals surface area (Å²) < 4.78 is 22.4. The normalized spacial score (nSPS) is 11.3. The molecule has 6 nitrogen and oxygen atoms in total. The number of amides is 1. The van der Waals surface area contributed by atoms with Crippen LogP contribution in [0.5, 0.6) is 0 Å². The number of benzene rings is 1. The fourth-order valence-electron chi connectivity index (χ4n) is 2.53. The highest BCUT2D eigenvalue weighted by molar-refractivity contribution is 7.88. The lowest BCUT2D eigenvalue weighted by Crippen LogP contribution is -2.16. The number of nitrogens with one attached hydrogen (secondary N) is 1. The molecule has 0 spiro atoms. The van der Waals surface area contributed by atoms with Gasteiger partial charge >= 0.3 is 0 Å². The van der Waals surface area contributed by atoms with Gasteiger partial charge in [0.05, 0.1) is 27.6 Å². The van der Waals surface area contributed by atoms with Crippen LogP contribution in [0.15, 0.2) is 53.9 Å². The highest BCUT2D eigenvalue weighted by atomic mass is 32.2. The summed E-state index contributed by atoms with van der Waals surface area (Å²) in [7, 11) is -3.63. The van der Waals surface area contributed by atoms with Gasteiger partial charge < -0.3 is 5.32 Å². The molecular formula is C18H17N3O3S2. The second kappa shape index (κ2) is 7.36. The van der Waals surface area contributed by atoms with Crippen LogP contribution in [-0.2, 0) is 15.8 Å². The number of aryl methyl sites for hydroxylation is 1. The molecule has 8 heteroatoms. The Balaban J connectivity index is 1.79. The molecule has 3 aromatic rings. The zero-order valence-electron chi connectivity index (χ0n) is 14.0. The van der Waals surface area contributed by atoms with E-state index in [1.54, 1.807) is 48.6 Å². The molecule has 0 aliphatic heterocycles. The van der Waals surface area contributed by atoms with Crippen molar-refractivity contribution < 1.29 is 13.2 Å². The molecule has 1 amide bonds. The summed E-state index contributed by atoms with van der Waals surface area (Å²) in [5.74, 6) is -0.590. The molecule has 0 saturated heterocycles. The minimum atomic E-state index is -3.63. The third kappa shape index (κ3) is 4.54. The Kier molecular flexibility index (Phi) is 5.17. The minimum absolute atomic E-state index is 0.285. The smallest absolute Gasteiger partial charge is 0.257 e. The maximum absolute atomic E-state index is 12.5. The van der Waals surface area contributed by atoms with Crippen LogP contribution in [-0.4, -0.2) is 19.3 Å². The molecule has 0 atom stereocenters. The molecule has 134 valence electrons. The second-order valence-electron chi connectivity index (χ2n) is 5.77. The molecule has 3 rings (SSSR count). The Hall–Kier alpha value is -2.55. The number of nitrogens with two attached hydrogens (primary N) is 1. The van der Waals surface area contributed by atoms with E-state index in [0.717, 1.165) is 10.6 Å². The van der Waals surface area contributed by atoms with Crippen molar-refractivity contribution in [2.45, 2.75) is 12.7 Å². The summed E-state index contributed by atoms with van der Waals surface area (Å²) >= 11 is 1.59. The lowest BCUT2D eigenvalue weighted by molar-refractivity contribution is 0.102. The number of rotatable bonds is 5. The molecule has 0 unspecified atom stereocenters. The first-order valence-electron chi connectivity index (χ1n) is 7.74. The average Bonchev–Trinajstić information content (AvgIpc) is 3.07. The number of primary sulfonamides is 1. The van der Waals surface area contributed by atoms with Gasteiger partial charge in [0.15, 0.2) is 0 Å². The van der Waals surface area contributed by atoms with Crippen LogP contribution in [0.25, 0.3) is 10.6 Å². The van der Waals surface area contributed by atoms with Gasteiger partial charge in [-0.15, -0.1) is 11.3 Å². The first kappa shape index (κ1) is 18.2. The summed E-state index contributed by atoms with van der Waals surface area (Å²) in [5.41, 5.74) is 2.91. The average molecular weight is 387 g/mol. The lowest BCUT2D eigenvalue weighted by atomic mass is 10.1. The van der Waals surface area contributed by atoms with Gasteiger partial charge in [-0.2, -0.15) is 0 Å². The molecule has 0 radical (unpaired) electrons. The molecule has 1 aromatic carbocycles. The Morgan fingerprint density at radius 3 is 2.65 bits per heavy atom. The van der Waals surface area contributed by atoms with Gasteiger partial charge in [0, 0.05) is 5.69 Å². The molecule has 0 aliphatic rings. The van der Waals surface area contributed by atoms with Crippen LogP contribution in [0.2, 0.25) is 0 Å². The van der Waals surface area contributed by atoms with Crippen LogP contribution in [0.1, 0.15) is 21.6 Å². The maximum atomic E-state index is 12.5. The second-order valence-corrected chi connectivity index (χ2v) is 8.33. The zero-order valence-corrected chi connectivity index (χ0v) is 15.6. The van der Waals surface area contributed by atoms with Gasteiger partial charge in [-0.25, -0.2) is 13.6 Å². The Labute approximate surface area is 155 Å². The van der Waals surface area contributed by atoms with Crippen LogP contribution < -0.4 is 10.5 Å². The molecule has 0 aliphatic carbocycles. The SMILES string of the molecule is Cc1nc(-c2cccs2)ccc1C(=O)Nc1cccc(CS(N)(=O)=O)c1. The van der Waals surface area contributed by atoms with E-state index >= 15 is 0 Å². The van der Waals surface area contributed by atoms with Crippen molar-refractivity contribution in [1.29, 1.82) is 0 Å². The van der Waals surface area contributed by atoms with Crippen molar-refractivity contribution in [2.75, 3.05) is 5.32 Å². The van der Waals surface area contributed by atoms with E-state index in [1.165, 1.54) is 0 Å². The third-order valence-corrected chi connectivity index (χ3v) is 5.28. The van der Waals surface area contributed by atoms with Crippen molar-refractivity contribution in [3.8, 4) is 10.6 Å². The van der Waals surface area contributed by atoms with Gasteiger partial charge in [-0.3, -0.25) is 9.78 Å². The van der Waals surface area contributed by atoms with Crippen molar-refractivity contribution in [2.24, 2.45) is 5.14 Å². The Morgan fingerprint density at radius 2 is 2.00 bits per heavy atom. The van der Waals surface area contributed by atoms with E-state index < -0.39 is 10.0 Å². The number of sulfonamides is 1. The van der Waals surface area contributed by atoms with Gasteiger partial charge in [-0.1, -0.05) is 18.2 Å². The number of hydrogen-bond donors (Lipinski definition) is 2. The quantitative estimate of drug-likeness (QED) is 0.702. The molecule has 3 N–H and O–H groups in total. The summed E-state index contributed by atoms with van der Waals surface area (Å²) in [6.07, 6.45) is 0. The number of nitrogens with zero attached hydrogens (tertiary/aromatic N) is 1. The molecule has 0 saturated carbocycles. The molecule has 2 heterocycles. The van der Waals surface area contributed by atoms with Gasteiger partial charge in [0.25, 0.3) is 5.91 Å². The van der Waals surface area contributed by atoms with E-state index in [2.05, 4.69) is 10.3 Å². The number of carbonyl (C=O) groups excluding carboxylic acids is 1. The lowest BCUT2D eigenvalue weighted by Gasteiger charge is -2.09. The van der Waals surface area contributed by atoms with Crippen molar-refractivity contribution >= 4 is 33.0 Å². The Bertz CT molecular complexity index is 1050. The fourth-order valence-corrected chi connectivity index (χ4v) is 3.87. The summed E-state index contributed by atoms with van der Waals surface area (Å²) in [4.78, 5) is 18.1. The van der Waals surface area contributed by atoms with Crippen molar-refractivity contribution in [1.82, 2.24) is 4.98 Å². The zero-order chi connectivity index (χ0) is 18.7. The van der Waals surface area contributed by atoms with Gasteiger partial charge in [0.2, 0.25) is 10.0 Å². The molecule has 0 fully saturated rings. The van der Waals surface area contributed by atoms with Crippen LogP contribution >= 0.6 is 11.3 Å². The van der Waals surface area contributed by atoms with E-state index in [4.69, 9.17) is 5.14 Å². The Morgan fingerprint density at radius 1 is 1.19 bits per heavy atom. The predicted octanol–water partition coefficient (Wildman–Crippen LogP) is 3.16. The number of hydrogen-bond acceptors (Lipinski definition) is 5. The van der Waals surface area contributed by atoms with E-state index in [1.807, 2.05) is 23.6 Å².